The van der Waals surface area contributed by atoms with E-state index < -0.39 is 0 Å². The number of benzene rings is 1. The molecule has 1 saturated heterocycles. The van der Waals surface area contributed by atoms with Crippen molar-refractivity contribution in [2.45, 2.75) is 26.3 Å². The van der Waals surface area contributed by atoms with Crippen LogP contribution in [-0.2, 0) is 0 Å². The Morgan fingerprint density at radius 3 is 2.33 bits per heavy atom. The summed E-state index contributed by atoms with van der Waals surface area (Å²) in [7, 11) is 1.71. The summed E-state index contributed by atoms with van der Waals surface area (Å²) in [6.07, 6.45) is 1.24. The van der Waals surface area contributed by atoms with Crippen LogP contribution in [0, 0.1) is 0 Å². The van der Waals surface area contributed by atoms with Crippen LogP contribution in [0.5, 0.6) is 5.75 Å². The average molecular weight is 291 g/mol. The van der Waals surface area contributed by atoms with Crippen molar-refractivity contribution in [3.8, 4) is 5.75 Å². The maximum Gasteiger partial charge on any atom is 0.119 e. The van der Waals surface area contributed by atoms with E-state index in [1.54, 1.807) is 7.11 Å². The third kappa shape index (κ3) is 5.21. The minimum atomic E-state index is 0.594. The maximum atomic E-state index is 5.21. The smallest absolute Gasteiger partial charge is 0.119 e. The van der Waals surface area contributed by atoms with Crippen molar-refractivity contribution in [2.24, 2.45) is 0 Å². The van der Waals surface area contributed by atoms with Gasteiger partial charge in [0.25, 0.3) is 0 Å². The van der Waals surface area contributed by atoms with E-state index in [4.69, 9.17) is 4.74 Å². The van der Waals surface area contributed by atoms with E-state index in [1.807, 2.05) is 12.1 Å². The van der Waals surface area contributed by atoms with Gasteiger partial charge >= 0.3 is 0 Å². The first-order valence-corrected chi connectivity index (χ1v) is 8.04. The number of ether oxygens (including phenoxy) is 1. The van der Waals surface area contributed by atoms with Crippen molar-refractivity contribution < 1.29 is 4.74 Å². The zero-order valence-electron chi connectivity index (χ0n) is 13.6. The van der Waals surface area contributed by atoms with Crippen LogP contribution in [0.2, 0.25) is 0 Å². The van der Waals surface area contributed by atoms with Crippen molar-refractivity contribution in [1.29, 1.82) is 0 Å². The Hall–Kier alpha value is -1.26. The van der Waals surface area contributed by atoms with Crippen molar-refractivity contribution in [3.05, 3.63) is 24.3 Å². The minimum absolute atomic E-state index is 0.594. The van der Waals surface area contributed by atoms with Crippen LogP contribution in [0.1, 0.15) is 20.3 Å². The van der Waals surface area contributed by atoms with Crippen molar-refractivity contribution >= 4 is 5.69 Å². The number of piperazine rings is 1. The van der Waals surface area contributed by atoms with Crippen LogP contribution >= 0.6 is 0 Å². The highest BCUT2D eigenvalue weighted by atomic mass is 16.5. The zero-order valence-corrected chi connectivity index (χ0v) is 13.6. The monoisotopic (exact) mass is 291 g/mol. The molecular formula is C17H29N3O. The molecule has 1 fully saturated rings. The molecule has 2 rings (SSSR count). The number of methoxy groups -OCH3 is 1. The van der Waals surface area contributed by atoms with Gasteiger partial charge in [0.05, 0.1) is 7.11 Å². The van der Waals surface area contributed by atoms with E-state index in [1.165, 1.54) is 18.7 Å². The first-order chi connectivity index (χ1) is 10.2. The first-order valence-electron chi connectivity index (χ1n) is 8.04. The third-order valence-electron chi connectivity index (χ3n) is 4.01. The fourth-order valence-corrected chi connectivity index (χ4v) is 2.72. The molecule has 21 heavy (non-hydrogen) atoms. The lowest BCUT2D eigenvalue weighted by Gasteiger charge is -2.36. The first kappa shape index (κ1) is 16.1. The predicted octanol–water partition coefficient (Wildman–Crippen LogP) is 2.21. The van der Waals surface area contributed by atoms with Gasteiger partial charge in [-0.05, 0) is 43.8 Å². The van der Waals surface area contributed by atoms with Crippen LogP contribution in [0.15, 0.2) is 24.3 Å². The summed E-state index contributed by atoms with van der Waals surface area (Å²) in [4.78, 5) is 5.03. The predicted molar refractivity (Wildman–Crippen MR) is 89.4 cm³/mol. The fraction of sp³-hybridized carbons (Fsp3) is 0.647. The van der Waals surface area contributed by atoms with Crippen molar-refractivity contribution in [3.63, 3.8) is 0 Å². The standard InChI is InChI=1S/C17H29N3O/c1-15(2)18-9-4-10-19-11-13-20(14-12-19)16-5-7-17(21-3)8-6-16/h5-8,15,18H,4,9-14H2,1-3H3. The molecule has 0 aliphatic carbocycles. The Morgan fingerprint density at radius 2 is 1.76 bits per heavy atom. The van der Waals surface area contributed by atoms with E-state index in [-0.39, 0.29) is 0 Å². The number of rotatable bonds is 7. The molecule has 1 N–H and O–H groups in total. The Bertz CT molecular complexity index is 397. The molecule has 0 amide bonds. The summed E-state index contributed by atoms with van der Waals surface area (Å²) < 4.78 is 5.21. The second kappa shape index (κ2) is 8.25. The molecule has 1 aromatic carbocycles. The molecular weight excluding hydrogens is 262 g/mol. The van der Waals surface area contributed by atoms with E-state index >= 15 is 0 Å². The van der Waals surface area contributed by atoms with Gasteiger partial charge in [-0.2, -0.15) is 0 Å². The Balaban J connectivity index is 1.70. The molecule has 4 heteroatoms. The van der Waals surface area contributed by atoms with Gasteiger partial charge in [-0.25, -0.2) is 0 Å². The van der Waals surface area contributed by atoms with Crippen LogP contribution in [0.3, 0.4) is 0 Å². The van der Waals surface area contributed by atoms with E-state index in [2.05, 4.69) is 41.1 Å². The van der Waals surface area contributed by atoms with Gasteiger partial charge in [-0.1, -0.05) is 13.8 Å². The number of anilines is 1. The van der Waals surface area contributed by atoms with Crippen LogP contribution in [-0.4, -0.2) is 57.3 Å². The number of nitrogens with zero attached hydrogens (tertiary/aromatic N) is 2. The van der Waals surface area contributed by atoms with Crippen LogP contribution in [0.25, 0.3) is 0 Å². The zero-order chi connectivity index (χ0) is 15.1. The number of hydrogen-bond donors (Lipinski definition) is 1. The van der Waals surface area contributed by atoms with Gasteiger partial charge in [-0.3, -0.25) is 4.90 Å². The molecule has 1 aliphatic rings. The molecule has 1 aromatic rings. The minimum Gasteiger partial charge on any atom is -0.497 e. The average Bonchev–Trinajstić information content (AvgIpc) is 2.52. The molecule has 118 valence electrons. The van der Waals surface area contributed by atoms with Gasteiger partial charge in [0, 0.05) is 37.9 Å². The molecule has 1 aliphatic heterocycles. The van der Waals surface area contributed by atoms with E-state index in [9.17, 15) is 0 Å². The molecule has 1 heterocycles. The number of nitrogens with one attached hydrogen (secondary N) is 1. The van der Waals surface area contributed by atoms with Gasteiger partial charge in [0.2, 0.25) is 0 Å². The molecule has 0 radical (unpaired) electrons. The normalized spacial score (nSPS) is 16.5. The Kier molecular flexibility index (Phi) is 6.33. The second-order valence-electron chi connectivity index (χ2n) is 5.99. The lowest BCUT2D eigenvalue weighted by atomic mass is 10.2. The quantitative estimate of drug-likeness (QED) is 0.780. The molecule has 0 aromatic heterocycles. The molecule has 0 spiro atoms. The van der Waals surface area contributed by atoms with Gasteiger partial charge in [-0.15, -0.1) is 0 Å². The van der Waals surface area contributed by atoms with Crippen LogP contribution < -0.4 is 15.0 Å². The fourth-order valence-electron chi connectivity index (χ4n) is 2.72. The molecule has 4 nitrogen and oxygen atoms in total. The summed E-state index contributed by atoms with van der Waals surface area (Å²) in [5.74, 6) is 0.926. The van der Waals surface area contributed by atoms with Crippen molar-refractivity contribution in [2.75, 3.05) is 51.3 Å². The van der Waals surface area contributed by atoms with Gasteiger partial charge < -0.3 is 15.0 Å². The molecule has 0 bridgehead atoms. The summed E-state index contributed by atoms with van der Waals surface area (Å²) in [6, 6.07) is 8.98. The largest absolute Gasteiger partial charge is 0.497 e. The summed E-state index contributed by atoms with van der Waals surface area (Å²) in [6.45, 7) is 11.3. The van der Waals surface area contributed by atoms with Gasteiger partial charge in [0.1, 0.15) is 5.75 Å². The Morgan fingerprint density at radius 1 is 1.10 bits per heavy atom. The maximum absolute atomic E-state index is 5.21. The molecule has 0 saturated carbocycles. The SMILES string of the molecule is COc1ccc(N2CCN(CCCNC(C)C)CC2)cc1. The van der Waals surface area contributed by atoms with E-state index in [0.29, 0.717) is 6.04 Å². The number of hydrogen-bond acceptors (Lipinski definition) is 4. The van der Waals surface area contributed by atoms with Gasteiger partial charge in [0.15, 0.2) is 0 Å². The molecule has 0 atom stereocenters. The summed E-state index contributed by atoms with van der Waals surface area (Å²) >= 11 is 0. The Labute approximate surface area is 129 Å². The highest BCUT2D eigenvalue weighted by molar-refractivity contribution is 5.49. The second-order valence-corrected chi connectivity index (χ2v) is 5.99. The summed E-state index contributed by atoms with van der Waals surface area (Å²) in [5.41, 5.74) is 1.30. The highest BCUT2D eigenvalue weighted by Crippen LogP contribution is 2.20. The van der Waals surface area contributed by atoms with Crippen LogP contribution in [0.4, 0.5) is 5.69 Å². The lowest BCUT2D eigenvalue weighted by molar-refractivity contribution is 0.253. The van der Waals surface area contributed by atoms with E-state index in [0.717, 1.165) is 38.5 Å². The summed E-state index contributed by atoms with van der Waals surface area (Å²) in [5, 5.41) is 3.48. The highest BCUT2D eigenvalue weighted by Gasteiger charge is 2.16. The molecule has 0 unspecified atom stereocenters. The third-order valence-corrected chi connectivity index (χ3v) is 4.01. The lowest BCUT2D eigenvalue weighted by Crippen LogP contribution is -2.47. The van der Waals surface area contributed by atoms with Crippen molar-refractivity contribution in [1.82, 2.24) is 10.2 Å². The topological polar surface area (TPSA) is 27.7 Å².